The molecule has 0 aromatic heterocycles. The van der Waals surface area contributed by atoms with Crippen LogP contribution in [0.3, 0.4) is 0 Å². The second-order valence-electron chi connectivity index (χ2n) is 2.54. The van der Waals surface area contributed by atoms with Gasteiger partial charge in [0.2, 0.25) is 0 Å². The van der Waals surface area contributed by atoms with Crippen LogP contribution in [0.5, 0.6) is 0 Å². The van der Waals surface area contributed by atoms with Crippen molar-refractivity contribution in [3.63, 3.8) is 0 Å². The van der Waals surface area contributed by atoms with Gasteiger partial charge in [0.1, 0.15) is 0 Å². The van der Waals surface area contributed by atoms with Crippen molar-refractivity contribution in [3.05, 3.63) is 29.3 Å². The number of anilines is 1. The fourth-order valence-corrected chi connectivity index (χ4v) is 1.07. The fraction of sp³-hybridized carbons (Fsp3) is 0.100. The Morgan fingerprint density at radius 2 is 2.29 bits per heavy atom. The van der Waals surface area contributed by atoms with Crippen LogP contribution in [0.2, 0.25) is 0 Å². The predicted octanol–water partition coefficient (Wildman–Crippen LogP) is 1.71. The lowest BCUT2D eigenvalue weighted by atomic mass is 10.1. The molecule has 0 aliphatic rings. The zero-order chi connectivity index (χ0) is 10.6. The molecule has 72 valence electrons. The molecule has 0 spiro atoms. The van der Waals surface area contributed by atoms with E-state index < -0.39 is 5.97 Å². The van der Waals surface area contributed by atoms with E-state index in [0.717, 1.165) is 0 Å². The molecule has 0 radical (unpaired) electrons. The summed E-state index contributed by atoms with van der Waals surface area (Å²) in [5.74, 6) is 4.56. The second kappa shape index (κ2) is 4.68. The normalized spacial score (nSPS) is 8.93. The Labute approximate surface area is 90.1 Å². The first-order chi connectivity index (χ1) is 6.65. The van der Waals surface area contributed by atoms with Gasteiger partial charge < -0.3 is 10.8 Å². The van der Waals surface area contributed by atoms with Gasteiger partial charge in [-0.25, -0.2) is 4.79 Å². The lowest BCUT2D eigenvalue weighted by molar-refractivity contribution is 0.0697. The summed E-state index contributed by atoms with van der Waals surface area (Å²) in [6, 6.07) is 4.46. The third kappa shape index (κ3) is 2.51. The van der Waals surface area contributed by atoms with E-state index in [2.05, 4.69) is 27.8 Å². The molecule has 1 aromatic rings. The third-order valence-electron chi connectivity index (χ3n) is 1.59. The van der Waals surface area contributed by atoms with Gasteiger partial charge in [0.05, 0.1) is 10.9 Å². The summed E-state index contributed by atoms with van der Waals surface area (Å²) in [4.78, 5) is 10.6. The molecule has 0 aliphatic carbocycles. The molecule has 0 aliphatic heterocycles. The third-order valence-corrected chi connectivity index (χ3v) is 1.87. The number of carbonyl (C=O) groups is 1. The van der Waals surface area contributed by atoms with Crippen LogP contribution in [-0.2, 0) is 0 Å². The van der Waals surface area contributed by atoms with Crippen molar-refractivity contribution in [3.8, 4) is 11.8 Å². The smallest absolute Gasteiger partial charge is 0.335 e. The summed E-state index contributed by atoms with van der Waals surface area (Å²) in [5, 5.41) is 9.26. The van der Waals surface area contributed by atoms with E-state index in [1.54, 1.807) is 6.07 Å². The lowest BCUT2D eigenvalue weighted by Gasteiger charge is -1.99. The molecule has 14 heavy (non-hydrogen) atoms. The first-order valence-electron chi connectivity index (χ1n) is 3.83. The Morgan fingerprint density at radius 1 is 1.57 bits per heavy atom. The van der Waals surface area contributed by atoms with Crippen LogP contribution in [0.15, 0.2) is 18.2 Å². The molecule has 1 rings (SSSR count). The minimum Gasteiger partial charge on any atom is -0.478 e. The molecule has 3 nitrogen and oxygen atoms in total. The van der Waals surface area contributed by atoms with E-state index >= 15 is 0 Å². The number of aromatic carboxylic acids is 1. The Morgan fingerprint density at radius 3 is 2.86 bits per heavy atom. The Kier molecular flexibility index (Phi) is 3.55. The van der Waals surface area contributed by atoms with Crippen molar-refractivity contribution in [2.45, 2.75) is 0 Å². The van der Waals surface area contributed by atoms with Crippen LogP contribution in [0, 0.1) is 11.8 Å². The summed E-state index contributed by atoms with van der Waals surface area (Å²) in [7, 11) is 0. The van der Waals surface area contributed by atoms with Gasteiger partial charge in [-0.1, -0.05) is 27.8 Å². The van der Waals surface area contributed by atoms with E-state index in [4.69, 9.17) is 10.8 Å². The molecule has 0 amide bonds. The van der Waals surface area contributed by atoms with Crippen LogP contribution < -0.4 is 5.73 Å². The first kappa shape index (κ1) is 10.6. The number of alkyl halides is 1. The Bertz CT molecular complexity index is 418. The maximum absolute atomic E-state index is 10.6. The maximum atomic E-state index is 10.6. The summed E-state index contributed by atoms with van der Waals surface area (Å²) < 4.78 is 0. The Balaban J connectivity index is 3.14. The van der Waals surface area contributed by atoms with E-state index in [0.29, 0.717) is 16.6 Å². The van der Waals surface area contributed by atoms with Crippen molar-refractivity contribution in [1.29, 1.82) is 0 Å². The first-order valence-corrected chi connectivity index (χ1v) is 4.95. The number of halogens is 1. The summed E-state index contributed by atoms with van der Waals surface area (Å²) in [6.45, 7) is 0. The number of nitrogen functional groups attached to an aromatic ring is 1. The highest BCUT2D eigenvalue weighted by molar-refractivity contribution is 9.09. The summed E-state index contributed by atoms with van der Waals surface area (Å²) in [6.07, 6.45) is 0. The monoisotopic (exact) mass is 253 g/mol. The molecule has 0 fully saturated rings. The minimum atomic E-state index is -0.980. The molecule has 1 aromatic carbocycles. The van der Waals surface area contributed by atoms with Crippen molar-refractivity contribution < 1.29 is 9.90 Å². The predicted molar refractivity (Wildman–Crippen MR) is 58.5 cm³/mol. The molecule has 3 N–H and O–H groups in total. The van der Waals surface area contributed by atoms with E-state index in [1.165, 1.54) is 12.1 Å². The summed E-state index contributed by atoms with van der Waals surface area (Å²) in [5.41, 5.74) is 6.85. The molecule has 4 heteroatoms. The van der Waals surface area contributed by atoms with E-state index in [1.807, 2.05) is 0 Å². The highest BCUT2D eigenvalue weighted by atomic mass is 79.9. The fourth-order valence-electron chi connectivity index (χ4n) is 0.926. The van der Waals surface area contributed by atoms with Crippen LogP contribution in [-0.4, -0.2) is 16.4 Å². The molecule has 0 unspecified atom stereocenters. The van der Waals surface area contributed by atoms with Gasteiger partial charge in [0.25, 0.3) is 0 Å². The number of rotatable bonds is 1. The number of carboxylic acids is 1. The van der Waals surface area contributed by atoms with Crippen molar-refractivity contribution in [2.75, 3.05) is 11.1 Å². The SMILES string of the molecule is Nc1ccc(C(=O)O)cc1C#CCBr. The zero-order valence-electron chi connectivity index (χ0n) is 7.25. The number of carboxylic acid groups (broad SMARTS) is 1. The number of hydrogen-bond donors (Lipinski definition) is 2. The quantitative estimate of drug-likeness (QED) is 0.455. The minimum absolute atomic E-state index is 0.193. The number of benzene rings is 1. The van der Waals surface area contributed by atoms with Crippen LogP contribution in [0.4, 0.5) is 5.69 Å². The van der Waals surface area contributed by atoms with Gasteiger partial charge in [0.15, 0.2) is 0 Å². The van der Waals surface area contributed by atoms with Gasteiger partial charge in [-0.15, -0.1) is 0 Å². The summed E-state index contributed by atoms with van der Waals surface area (Å²) >= 11 is 3.15. The van der Waals surface area contributed by atoms with Crippen molar-refractivity contribution in [1.82, 2.24) is 0 Å². The molecule has 0 atom stereocenters. The van der Waals surface area contributed by atoms with Crippen LogP contribution >= 0.6 is 15.9 Å². The average Bonchev–Trinajstić information content (AvgIpc) is 2.16. The lowest BCUT2D eigenvalue weighted by Crippen LogP contribution is -1.99. The molecular formula is C10H8BrNO2. The largest absolute Gasteiger partial charge is 0.478 e. The molecule has 0 saturated heterocycles. The van der Waals surface area contributed by atoms with Crippen molar-refractivity contribution >= 4 is 27.6 Å². The molecular weight excluding hydrogens is 246 g/mol. The van der Waals surface area contributed by atoms with Crippen LogP contribution in [0.1, 0.15) is 15.9 Å². The molecule has 0 heterocycles. The zero-order valence-corrected chi connectivity index (χ0v) is 8.84. The molecule has 0 saturated carbocycles. The topological polar surface area (TPSA) is 63.3 Å². The standard InChI is InChI=1S/C10H8BrNO2/c11-5-1-2-7-6-8(10(13)14)3-4-9(7)12/h3-4,6H,5,12H2,(H,13,14). The average molecular weight is 254 g/mol. The second-order valence-corrected chi connectivity index (χ2v) is 3.10. The van der Waals surface area contributed by atoms with Gasteiger partial charge in [0, 0.05) is 11.3 Å². The highest BCUT2D eigenvalue weighted by Crippen LogP contribution is 2.12. The van der Waals surface area contributed by atoms with E-state index in [9.17, 15) is 4.79 Å². The Hall–Kier alpha value is -1.47. The number of nitrogens with two attached hydrogens (primary N) is 1. The van der Waals surface area contributed by atoms with Gasteiger partial charge in [-0.2, -0.15) is 0 Å². The van der Waals surface area contributed by atoms with Gasteiger partial charge in [-0.3, -0.25) is 0 Å². The number of hydrogen-bond acceptors (Lipinski definition) is 2. The van der Waals surface area contributed by atoms with Crippen molar-refractivity contribution in [2.24, 2.45) is 0 Å². The van der Waals surface area contributed by atoms with Crippen LogP contribution in [0.25, 0.3) is 0 Å². The maximum Gasteiger partial charge on any atom is 0.335 e. The highest BCUT2D eigenvalue weighted by Gasteiger charge is 2.04. The van der Waals surface area contributed by atoms with E-state index in [-0.39, 0.29) is 5.56 Å². The van der Waals surface area contributed by atoms with Gasteiger partial charge in [-0.05, 0) is 18.2 Å². The molecule has 0 bridgehead atoms. The van der Waals surface area contributed by atoms with Gasteiger partial charge >= 0.3 is 5.97 Å².